The molecular weight excluding hydrogens is 246 g/mol. The minimum atomic E-state index is -0.192. The summed E-state index contributed by atoms with van der Waals surface area (Å²) in [5.74, 6) is 0.574. The zero-order valence-electron chi connectivity index (χ0n) is 10.9. The molecule has 0 aromatic heterocycles. The van der Waals surface area contributed by atoms with Crippen LogP contribution in [0.5, 0.6) is 5.75 Å². The second-order valence-corrected chi connectivity index (χ2v) is 3.91. The van der Waals surface area contributed by atoms with Crippen molar-refractivity contribution in [2.75, 3.05) is 13.7 Å². The second kappa shape index (κ2) is 8.83. The molecule has 1 aromatic carbocycles. The summed E-state index contributed by atoms with van der Waals surface area (Å²) in [4.78, 5) is 13.6. The van der Waals surface area contributed by atoms with Crippen molar-refractivity contribution in [1.29, 1.82) is 0 Å². The summed E-state index contributed by atoms with van der Waals surface area (Å²) >= 11 is 0. The molecule has 0 aliphatic heterocycles. The molecule has 1 aromatic rings. The van der Waals surface area contributed by atoms with Gasteiger partial charge in [-0.15, -0.1) is 0 Å². The third kappa shape index (κ3) is 6.33. The minimum absolute atomic E-state index is 0.192. The van der Waals surface area contributed by atoms with Gasteiger partial charge in [0.2, 0.25) is 0 Å². The largest absolute Gasteiger partial charge is 0.494 e. The molecule has 19 heavy (non-hydrogen) atoms. The van der Waals surface area contributed by atoms with Crippen molar-refractivity contribution in [3.8, 4) is 5.75 Å². The molecule has 0 saturated heterocycles. The first-order chi connectivity index (χ1) is 9.26. The Morgan fingerprint density at radius 1 is 1.32 bits per heavy atom. The highest BCUT2D eigenvalue weighted by Crippen LogP contribution is 2.13. The van der Waals surface area contributed by atoms with Gasteiger partial charge in [0.1, 0.15) is 5.75 Å². The van der Waals surface area contributed by atoms with Crippen LogP contribution in [0.2, 0.25) is 0 Å². The molecule has 0 amide bonds. The van der Waals surface area contributed by atoms with E-state index >= 15 is 0 Å². The molecular formula is C13H17N3O3. The Morgan fingerprint density at radius 2 is 2.05 bits per heavy atom. The van der Waals surface area contributed by atoms with Crippen LogP contribution < -0.4 is 4.74 Å². The fraction of sp³-hybridized carbons (Fsp3) is 0.462. The first-order valence-electron chi connectivity index (χ1n) is 6.05. The van der Waals surface area contributed by atoms with Crippen molar-refractivity contribution in [3.05, 3.63) is 40.3 Å². The molecule has 0 aliphatic rings. The first kappa shape index (κ1) is 14.9. The number of carbonyl (C=O) groups is 1. The Bertz CT molecular complexity index is 439. The zero-order valence-corrected chi connectivity index (χ0v) is 10.9. The van der Waals surface area contributed by atoms with Crippen LogP contribution in [-0.4, -0.2) is 19.7 Å². The molecule has 0 aliphatic carbocycles. The number of ether oxygens (including phenoxy) is 2. The average Bonchev–Trinajstić information content (AvgIpc) is 2.45. The van der Waals surface area contributed by atoms with Crippen LogP contribution in [0.3, 0.4) is 0 Å². The summed E-state index contributed by atoms with van der Waals surface area (Å²) in [5.41, 5.74) is 9.15. The predicted octanol–water partition coefficient (Wildman–Crippen LogP) is 3.22. The van der Waals surface area contributed by atoms with Gasteiger partial charge in [0.05, 0.1) is 20.3 Å². The van der Waals surface area contributed by atoms with Gasteiger partial charge in [-0.1, -0.05) is 17.2 Å². The van der Waals surface area contributed by atoms with Crippen molar-refractivity contribution in [3.63, 3.8) is 0 Å². The predicted molar refractivity (Wildman–Crippen MR) is 70.7 cm³/mol. The molecule has 0 atom stereocenters. The summed E-state index contributed by atoms with van der Waals surface area (Å²) < 4.78 is 10.1. The molecule has 102 valence electrons. The van der Waals surface area contributed by atoms with Crippen molar-refractivity contribution in [2.24, 2.45) is 5.11 Å². The van der Waals surface area contributed by atoms with Gasteiger partial charge in [0.15, 0.2) is 0 Å². The number of unbranched alkanes of at least 4 members (excludes halogenated alkanes) is 1. The number of benzene rings is 1. The van der Waals surface area contributed by atoms with Gasteiger partial charge < -0.3 is 9.47 Å². The number of hydrogen-bond donors (Lipinski definition) is 0. The van der Waals surface area contributed by atoms with E-state index in [-0.39, 0.29) is 5.97 Å². The van der Waals surface area contributed by atoms with Crippen LogP contribution in [0.25, 0.3) is 10.4 Å². The number of azide groups is 1. The minimum Gasteiger partial charge on any atom is -0.494 e. The molecule has 6 nitrogen and oxygen atoms in total. The average molecular weight is 263 g/mol. The Morgan fingerprint density at radius 3 is 2.68 bits per heavy atom. The lowest BCUT2D eigenvalue weighted by atomic mass is 10.2. The maximum atomic E-state index is 10.9. The SMILES string of the molecule is COC(=O)CCCCOc1ccc(CN=[N+]=[N-])cc1. The van der Waals surface area contributed by atoms with E-state index in [4.69, 9.17) is 10.3 Å². The van der Waals surface area contributed by atoms with E-state index in [1.165, 1.54) is 7.11 Å². The molecule has 0 unspecified atom stereocenters. The molecule has 0 bridgehead atoms. The maximum absolute atomic E-state index is 10.9. The number of nitrogens with zero attached hydrogens (tertiary/aromatic N) is 3. The fourth-order valence-electron chi connectivity index (χ4n) is 1.47. The van der Waals surface area contributed by atoms with Crippen molar-refractivity contribution in [1.82, 2.24) is 0 Å². The van der Waals surface area contributed by atoms with E-state index in [0.717, 1.165) is 24.2 Å². The summed E-state index contributed by atoms with van der Waals surface area (Å²) in [6.07, 6.45) is 1.97. The number of hydrogen-bond acceptors (Lipinski definition) is 4. The van der Waals surface area contributed by atoms with Crippen LogP contribution in [0.1, 0.15) is 24.8 Å². The van der Waals surface area contributed by atoms with E-state index in [1.807, 2.05) is 24.3 Å². The molecule has 0 heterocycles. The van der Waals surface area contributed by atoms with Crippen LogP contribution in [0.4, 0.5) is 0 Å². The molecule has 6 heteroatoms. The monoisotopic (exact) mass is 263 g/mol. The Hall–Kier alpha value is -2.20. The second-order valence-electron chi connectivity index (χ2n) is 3.91. The van der Waals surface area contributed by atoms with Gasteiger partial charge in [0.25, 0.3) is 0 Å². The topological polar surface area (TPSA) is 84.3 Å². The van der Waals surface area contributed by atoms with E-state index in [2.05, 4.69) is 14.8 Å². The van der Waals surface area contributed by atoms with Crippen molar-refractivity contribution in [2.45, 2.75) is 25.8 Å². The molecule has 0 spiro atoms. The van der Waals surface area contributed by atoms with E-state index < -0.39 is 0 Å². The highest BCUT2D eigenvalue weighted by Gasteiger charge is 2.00. The standard InChI is InChI=1S/C13H17N3O3/c1-18-13(17)4-2-3-9-19-12-7-5-11(6-8-12)10-15-16-14/h5-8H,2-4,9-10H2,1H3. The Labute approximate surface area is 112 Å². The van der Waals surface area contributed by atoms with E-state index in [9.17, 15) is 4.79 Å². The van der Waals surface area contributed by atoms with Crippen LogP contribution >= 0.6 is 0 Å². The summed E-state index contributed by atoms with van der Waals surface area (Å²) in [7, 11) is 1.39. The molecule has 0 radical (unpaired) electrons. The summed E-state index contributed by atoms with van der Waals surface area (Å²) in [5, 5.41) is 3.48. The highest BCUT2D eigenvalue weighted by atomic mass is 16.5. The zero-order chi connectivity index (χ0) is 13.9. The van der Waals surface area contributed by atoms with Crippen molar-refractivity contribution >= 4 is 5.97 Å². The van der Waals surface area contributed by atoms with Gasteiger partial charge in [-0.2, -0.15) is 0 Å². The van der Waals surface area contributed by atoms with Gasteiger partial charge in [-0.25, -0.2) is 0 Å². The van der Waals surface area contributed by atoms with Gasteiger partial charge in [-0.05, 0) is 36.1 Å². The van der Waals surface area contributed by atoms with Crippen LogP contribution in [0, 0.1) is 0 Å². The normalized spacial score (nSPS) is 9.53. The highest BCUT2D eigenvalue weighted by molar-refractivity contribution is 5.68. The van der Waals surface area contributed by atoms with Crippen LogP contribution in [0.15, 0.2) is 29.4 Å². The quantitative estimate of drug-likeness (QED) is 0.237. The lowest BCUT2D eigenvalue weighted by Crippen LogP contribution is -2.02. The van der Waals surface area contributed by atoms with Gasteiger partial charge >= 0.3 is 5.97 Å². The number of rotatable bonds is 8. The van der Waals surface area contributed by atoms with E-state index in [1.54, 1.807) is 0 Å². The third-order valence-corrected chi connectivity index (χ3v) is 2.51. The Balaban J connectivity index is 2.22. The molecule has 1 rings (SSSR count). The Kier molecular flexibility index (Phi) is 6.90. The first-order valence-corrected chi connectivity index (χ1v) is 6.05. The lowest BCUT2D eigenvalue weighted by Gasteiger charge is -2.06. The summed E-state index contributed by atoms with van der Waals surface area (Å²) in [6.45, 7) is 0.905. The van der Waals surface area contributed by atoms with E-state index in [0.29, 0.717) is 19.6 Å². The molecule has 0 fully saturated rings. The molecule has 0 N–H and O–H groups in total. The fourth-order valence-corrected chi connectivity index (χ4v) is 1.47. The lowest BCUT2D eigenvalue weighted by molar-refractivity contribution is -0.140. The van der Waals surface area contributed by atoms with Gasteiger partial charge in [-0.3, -0.25) is 4.79 Å². The third-order valence-electron chi connectivity index (χ3n) is 2.51. The molecule has 0 saturated carbocycles. The smallest absolute Gasteiger partial charge is 0.305 e. The van der Waals surface area contributed by atoms with Crippen LogP contribution in [-0.2, 0) is 16.1 Å². The van der Waals surface area contributed by atoms with Gasteiger partial charge in [0, 0.05) is 11.3 Å². The number of carbonyl (C=O) groups excluding carboxylic acids is 1. The number of esters is 1. The summed E-state index contributed by atoms with van der Waals surface area (Å²) in [6, 6.07) is 7.39. The van der Waals surface area contributed by atoms with Crippen molar-refractivity contribution < 1.29 is 14.3 Å². The number of methoxy groups -OCH3 is 1. The maximum Gasteiger partial charge on any atom is 0.305 e.